The molecule has 1 aliphatic rings. The Morgan fingerprint density at radius 1 is 1.36 bits per heavy atom. The van der Waals surface area contributed by atoms with E-state index in [9.17, 15) is 0 Å². The molecule has 11 heavy (non-hydrogen) atoms. The fourth-order valence-corrected chi connectivity index (χ4v) is 1.76. The molecule has 1 heterocycles. The van der Waals surface area contributed by atoms with Crippen molar-refractivity contribution < 1.29 is 4.84 Å². The molecule has 0 amide bonds. The quantitative estimate of drug-likeness (QED) is 0.533. The summed E-state index contributed by atoms with van der Waals surface area (Å²) in [7, 11) is 2.03. The van der Waals surface area contributed by atoms with Crippen LogP contribution in [0.4, 0.5) is 0 Å². The Morgan fingerprint density at radius 2 is 1.91 bits per heavy atom. The predicted octanol–water partition coefficient (Wildman–Crippen LogP) is 2.06. The second-order valence-electron chi connectivity index (χ2n) is 4.58. The maximum absolute atomic E-state index is 5.53. The van der Waals surface area contributed by atoms with Crippen LogP contribution in [-0.4, -0.2) is 24.3 Å². The molecule has 2 atom stereocenters. The van der Waals surface area contributed by atoms with Crippen molar-refractivity contribution in [2.45, 2.75) is 46.3 Å². The fourth-order valence-electron chi connectivity index (χ4n) is 1.76. The van der Waals surface area contributed by atoms with Crippen LogP contribution < -0.4 is 0 Å². The van der Waals surface area contributed by atoms with Crippen LogP contribution in [0.3, 0.4) is 0 Å². The maximum atomic E-state index is 5.53. The van der Waals surface area contributed by atoms with E-state index in [0.717, 1.165) is 6.42 Å². The van der Waals surface area contributed by atoms with Crippen molar-refractivity contribution in [1.29, 1.82) is 0 Å². The van der Waals surface area contributed by atoms with Gasteiger partial charge in [-0.2, -0.15) is 5.06 Å². The van der Waals surface area contributed by atoms with Gasteiger partial charge in [0.15, 0.2) is 0 Å². The van der Waals surface area contributed by atoms with Crippen LogP contribution in [0.1, 0.15) is 34.1 Å². The molecule has 0 radical (unpaired) electrons. The SMILES string of the molecule is CC1CC(C(C)(C)C)N(C)O1. The smallest absolute Gasteiger partial charge is 0.0781 e. The molecule has 2 nitrogen and oxygen atoms in total. The van der Waals surface area contributed by atoms with E-state index in [1.807, 2.05) is 12.1 Å². The Kier molecular flexibility index (Phi) is 2.26. The Bertz CT molecular complexity index is 139. The third-order valence-corrected chi connectivity index (χ3v) is 2.34. The van der Waals surface area contributed by atoms with Gasteiger partial charge in [-0.05, 0) is 18.8 Å². The second-order valence-corrected chi connectivity index (χ2v) is 4.58. The fraction of sp³-hybridized carbons (Fsp3) is 1.00. The van der Waals surface area contributed by atoms with Crippen molar-refractivity contribution in [1.82, 2.24) is 5.06 Å². The van der Waals surface area contributed by atoms with Crippen molar-refractivity contribution in [2.24, 2.45) is 5.41 Å². The van der Waals surface area contributed by atoms with Crippen LogP contribution in [0.25, 0.3) is 0 Å². The molecule has 1 fully saturated rings. The van der Waals surface area contributed by atoms with Crippen LogP contribution in [0.5, 0.6) is 0 Å². The molecule has 2 unspecified atom stereocenters. The van der Waals surface area contributed by atoms with E-state index in [-0.39, 0.29) is 0 Å². The minimum Gasteiger partial charge on any atom is -0.296 e. The Labute approximate surface area is 69.5 Å². The highest BCUT2D eigenvalue weighted by atomic mass is 16.7. The van der Waals surface area contributed by atoms with Gasteiger partial charge in [-0.3, -0.25) is 4.84 Å². The number of hydroxylamine groups is 2. The predicted molar refractivity (Wildman–Crippen MR) is 46.2 cm³/mol. The van der Waals surface area contributed by atoms with Crippen molar-refractivity contribution >= 4 is 0 Å². The van der Waals surface area contributed by atoms with E-state index in [0.29, 0.717) is 17.6 Å². The summed E-state index contributed by atoms with van der Waals surface area (Å²) < 4.78 is 0. The average molecular weight is 157 g/mol. The van der Waals surface area contributed by atoms with Gasteiger partial charge in [0.1, 0.15) is 0 Å². The van der Waals surface area contributed by atoms with Gasteiger partial charge in [0, 0.05) is 13.1 Å². The number of hydrogen-bond donors (Lipinski definition) is 0. The molecule has 0 aromatic carbocycles. The van der Waals surface area contributed by atoms with E-state index >= 15 is 0 Å². The van der Waals surface area contributed by atoms with Crippen LogP contribution >= 0.6 is 0 Å². The van der Waals surface area contributed by atoms with Crippen molar-refractivity contribution in [2.75, 3.05) is 7.05 Å². The van der Waals surface area contributed by atoms with Gasteiger partial charge < -0.3 is 0 Å². The molecule has 1 aliphatic heterocycles. The summed E-state index contributed by atoms with van der Waals surface area (Å²) in [6, 6.07) is 0.567. The third kappa shape index (κ3) is 1.94. The Morgan fingerprint density at radius 3 is 2.09 bits per heavy atom. The normalized spacial score (nSPS) is 34.6. The van der Waals surface area contributed by atoms with Gasteiger partial charge in [0.2, 0.25) is 0 Å². The molecule has 1 saturated heterocycles. The summed E-state index contributed by atoms with van der Waals surface area (Å²) in [6.07, 6.45) is 1.55. The monoisotopic (exact) mass is 157 g/mol. The van der Waals surface area contributed by atoms with Gasteiger partial charge >= 0.3 is 0 Å². The molecule has 0 saturated carbocycles. The largest absolute Gasteiger partial charge is 0.296 e. The lowest BCUT2D eigenvalue weighted by atomic mass is 9.84. The van der Waals surface area contributed by atoms with Crippen LogP contribution in [0.15, 0.2) is 0 Å². The molecule has 2 heteroatoms. The van der Waals surface area contributed by atoms with E-state index in [1.54, 1.807) is 0 Å². The molecule has 0 N–H and O–H groups in total. The van der Waals surface area contributed by atoms with Crippen LogP contribution in [0, 0.1) is 5.41 Å². The lowest BCUT2D eigenvalue weighted by Gasteiger charge is -2.30. The summed E-state index contributed by atoms with van der Waals surface area (Å²) in [6.45, 7) is 8.91. The number of nitrogens with zero attached hydrogens (tertiary/aromatic N) is 1. The summed E-state index contributed by atoms with van der Waals surface area (Å²) in [4.78, 5) is 5.53. The van der Waals surface area contributed by atoms with Crippen LogP contribution in [-0.2, 0) is 4.84 Å². The highest BCUT2D eigenvalue weighted by molar-refractivity contribution is 4.84. The third-order valence-electron chi connectivity index (χ3n) is 2.34. The molecular weight excluding hydrogens is 138 g/mol. The van der Waals surface area contributed by atoms with E-state index in [2.05, 4.69) is 27.7 Å². The summed E-state index contributed by atoms with van der Waals surface area (Å²) in [5.74, 6) is 0. The van der Waals surface area contributed by atoms with Crippen molar-refractivity contribution in [3.8, 4) is 0 Å². The van der Waals surface area contributed by atoms with Gasteiger partial charge in [0.25, 0.3) is 0 Å². The zero-order valence-electron chi connectivity index (χ0n) is 8.22. The summed E-state index contributed by atoms with van der Waals surface area (Å²) in [5, 5.41) is 2.00. The summed E-state index contributed by atoms with van der Waals surface area (Å²) in [5.41, 5.74) is 0.333. The molecule has 0 spiro atoms. The first kappa shape index (κ1) is 9.01. The topological polar surface area (TPSA) is 12.5 Å². The van der Waals surface area contributed by atoms with Crippen LogP contribution in [0.2, 0.25) is 0 Å². The van der Waals surface area contributed by atoms with Gasteiger partial charge in [-0.15, -0.1) is 0 Å². The summed E-state index contributed by atoms with van der Waals surface area (Å²) >= 11 is 0. The molecule has 0 aromatic heterocycles. The molecule has 0 bridgehead atoms. The first-order valence-electron chi connectivity index (χ1n) is 4.31. The van der Waals surface area contributed by atoms with E-state index < -0.39 is 0 Å². The molecule has 0 aliphatic carbocycles. The zero-order valence-corrected chi connectivity index (χ0v) is 8.22. The second kappa shape index (κ2) is 2.76. The average Bonchev–Trinajstić information content (AvgIpc) is 2.08. The molecular formula is C9H19NO. The number of hydrogen-bond acceptors (Lipinski definition) is 2. The highest BCUT2D eigenvalue weighted by Crippen LogP contribution is 2.32. The van der Waals surface area contributed by atoms with Gasteiger partial charge in [-0.1, -0.05) is 20.8 Å². The van der Waals surface area contributed by atoms with Gasteiger partial charge in [0.05, 0.1) is 6.10 Å². The highest BCUT2D eigenvalue weighted by Gasteiger charge is 2.36. The van der Waals surface area contributed by atoms with E-state index in [1.165, 1.54) is 0 Å². The maximum Gasteiger partial charge on any atom is 0.0781 e. The molecule has 0 aromatic rings. The Balaban J connectivity index is 2.60. The standard InChI is InChI=1S/C9H19NO/c1-7-6-8(9(2,3)4)10(5)11-7/h7-8H,6H2,1-5H3. The molecule has 66 valence electrons. The number of rotatable bonds is 0. The van der Waals surface area contributed by atoms with Gasteiger partial charge in [-0.25, -0.2) is 0 Å². The van der Waals surface area contributed by atoms with Crippen molar-refractivity contribution in [3.05, 3.63) is 0 Å². The minimum atomic E-state index is 0.333. The zero-order chi connectivity index (χ0) is 8.65. The molecule has 1 rings (SSSR count). The van der Waals surface area contributed by atoms with Crippen molar-refractivity contribution in [3.63, 3.8) is 0 Å². The first-order valence-corrected chi connectivity index (χ1v) is 4.31. The first-order chi connectivity index (χ1) is 4.91. The van der Waals surface area contributed by atoms with E-state index in [4.69, 9.17) is 4.84 Å². The lowest BCUT2D eigenvalue weighted by Crippen LogP contribution is -2.35. The Hall–Kier alpha value is -0.0800. The lowest BCUT2D eigenvalue weighted by molar-refractivity contribution is -0.152. The minimum absolute atomic E-state index is 0.333.